The molecule has 0 fully saturated rings. The van der Waals surface area contributed by atoms with Gasteiger partial charge in [0.2, 0.25) is 0 Å². The van der Waals surface area contributed by atoms with Crippen LogP contribution in [0.15, 0.2) is 173 Å². The Balaban J connectivity index is 1.18. The summed E-state index contributed by atoms with van der Waals surface area (Å²) in [7, 11) is 0. The van der Waals surface area contributed by atoms with E-state index in [1.807, 2.05) is 60.7 Å². The zero-order valence-corrected chi connectivity index (χ0v) is 27.2. The van der Waals surface area contributed by atoms with E-state index >= 15 is 0 Å². The third-order valence-corrected chi connectivity index (χ3v) is 10.0. The molecule has 0 amide bonds. The van der Waals surface area contributed by atoms with Crippen molar-refractivity contribution in [1.82, 2.24) is 14.5 Å². The Kier molecular flexibility index (Phi) is 5.89. The standard InChI is InChI=1S/C46H27N3O2/c1-3-12-28(13-4-1)35-27-36(29-14-5-2-6-15-29)48-46(47-35)33-18-11-21-41-43(33)34-26-30(22-24-40(34)51-41)49-37-19-9-7-16-31(37)44-38(49)23-25-42-45(44)32-17-8-10-20-39(32)50-42/h1-27H. The van der Waals surface area contributed by atoms with Gasteiger partial charge >= 0.3 is 0 Å². The van der Waals surface area contributed by atoms with Crippen molar-refractivity contribution in [3.63, 3.8) is 0 Å². The minimum atomic E-state index is 0.653. The van der Waals surface area contributed by atoms with Crippen molar-refractivity contribution in [2.75, 3.05) is 0 Å². The summed E-state index contributed by atoms with van der Waals surface area (Å²) >= 11 is 0. The van der Waals surface area contributed by atoms with Crippen LogP contribution in [-0.2, 0) is 0 Å². The Hall–Kier alpha value is -6.98. The predicted molar refractivity (Wildman–Crippen MR) is 207 cm³/mol. The molecule has 0 atom stereocenters. The molecule has 4 aromatic heterocycles. The van der Waals surface area contributed by atoms with E-state index in [1.54, 1.807) is 0 Å². The second-order valence-corrected chi connectivity index (χ2v) is 12.9. The molecule has 0 saturated heterocycles. The van der Waals surface area contributed by atoms with E-state index in [9.17, 15) is 0 Å². The molecule has 11 rings (SSSR count). The van der Waals surface area contributed by atoms with Gasteiger partial charge in [0.15, 0.2) is 5.82 Å². The van der Waals surface area contributed by atoms with Gasteiger partial charge in [-0.05, 0) is 54.6 Å². The average molecular weight is 654 g/mol. The van der Waals surface area contributed by atoms with Gasteiger partial charge in [0.05, 0.1) is 22.4 Å². The predicted octanol–water partition coefficient (Wildman–Crippen LogP) is 12.4. The van der Waals surface area contributed by atoms with Crippen LogP contribution in [0.25, 0.3) is 105 Å². The lowest BCUT2D eigenvalue weighted by atomic mass is 10.0. The molecular weight excluding hydrogens is 627 g/mol. The maximum Gasteiger partial charge on any atom is 0.161 e. The van der Waals surface area contributed by atoms with E-state index in [0.717, 1.165) is 88.7 Å². The lowest BCUT2D eigenvalue weighted by Crippen LogP contribution is -1.96. The number of benzene rings is 7. The molecular formula is C46H27N3O2. The maximum absolute atomic E-state index is 6.51. The zero-order chi connectivity index (χ0) is 33.5. The van der Waals surface area contributed by atoms with Gasteiger partial charge < -0.3 is 13.4 Å². The molecule has 0 bridgehead atoms. The van der Waals surface area contributed by atoms with Crippen molar-refractivity contribution in [2.45, 2.75) is 0 Å². The normalized spacial score (nSPS) is 11.9. The Morgan fingerprint density at radius 3 is 1.76 bits per heavy atom. The first kappa shape index (κ1) is 27.9. The van der Waals surface area contributed by atoms with Gasteiger partial charge in [-0.25, -0.2) is 9.97 Å². The fourth-order valence-corrected chi connectivity index (χ4v) is 7.77. The van der Waals surface area contributed by atoms with Crippen molar-refractivity contribution in [2.24, 2.45) is 0 Å². The van der Waals surface area contributed by atoms with E-state index in [4.69, 9.17) is 18.8 Å². The van der Waals surface area contributed by atoms with Gasteiger partial charge in [-0.2, -0.15) is 0 Å². The molecule has 0 aliphatic rings. The Labute approximate surface area is 291 Å². The minimum absolute atomic E-state index is 0.653. The summed E-state index contributed by atoms with van der Waals surface area (Å²) in [6.45, 7) is 0. The molecule has 0 aliphatic carbocycles. The fourth-order valence-electron chi connectivity index (χ4n) is 7.77. The van der Waals surface area contributed by atoms with Crippen LogP contribution in [0, 0.1) is 0 Å². The van der Waals surface area contributed by atoms with Gasteiger partial charge in [0, 0.05) is 54.7 Å². The summed E-state index contributed by atoms with van der Waals surface area (Å²) in [5.41, 5.74) is 11.4. The van der Waals surface area contributed by atoms with E-state index < -0.39 is 0 Å². The summed E-state index contributed by atoms with van der Waals surface area (Å²) in [4.78, 5) is 10.3. The van der Waals surface area contributed by atoms with Crippen molar-refractivity contribution in [3.8, 4) is 39.6 Å². The van der Waals surface area contributed by atoms with Gasteiger partial charge in [-0.3, -0.25) is 0 Å². The summed E-state index contributed by atoms with van der Waals surface area (Å²) in [6, 6.07) is 56.4. The Morgan fingerprint density at radius 1 is 0.392 bits per heavy atom. The fraction of sp³-hybridized carbons (Fsp3) is 0. The number of rotatable bonds is 4. The molecule has 0 saturated carbocycles. The van der Waals surface area contributed by atoms with E-state index in [0.29, 0.717) is 5.82 Å². The molecule has 0 radical (unpaired) electrons. The Morgan fingerprint density at radius 2 is 1.00 bits per heavy atom. The highest BCUT2D eigenvalue weighted by atomic mass is 16.3. The summed E-state index contributed by atoms with van der Waals surface area (Å²) in [5, 5.41) is 6.62. The van der Waals surface area contributed by atoms with E-state index in [1.165, 1.54) is 10.8 Å². The van der Waals surface area contributed by atoms with E-state index in [2.05, 4.69) is 108 Å². The van der Waals surface area contributed by atoms with Crippen molar-refractivity contribution in [1.29, 1.82) is 0 Å². The molecule has 0 spiro atoms. The zero-order valence-electron chi connectivity index (χ0n) is 27.2. The van der Waals surface area contributed by atoms with Crippen LogP contribution in [0.1, 0.15) is 0 Å². The third-order valence-electron chi connectivity index (χ3n) is 10.0. The van der Waals surface area contributed by atoms with Crippen LogP contribution in [-0.4, -0.2) is 14.5 Å². The van der Waals surface area contributed by atoms with Crippen molar-refractivity contribution < 1.29 is 8.83 Å². The first-order valence-corrected chi connectivity index (χ1v) is 17.1. The second-order valence-electron chi connectivity index (χ2n) is 12.9. The quantitative estimate of drug-likeness (QED) is 0.190. The monoisotopic (exact) mass is 653 g/mol. The summed E-state index contributed by atoms with van der Waals surface area (Å²) < 4.78 is 15.2. The number of para-hydroxylation sites is 2. The van der Waals surface area contributed by atoms with Crippen LogP contribution in [0.3, 0.4) is 0 Å². The summed E-state index contributed by atoms with van der Waals surface area (Å²) in [5.74, 6) is 0.653. The van der Waals surface area contributed by atoms with Crippen molar-refractivity contribution >= 4 is 65.7 Å². The number of hydrogen-bond acceptors (Lipinski definition) is 4. The second kappa shape index (κ2) is 10.8. The SMILES string of the molecule is c1ccc(-c2cc(-c3ccccc3)nc(-c3cccc4oc5ccc(-n6c7ccccc7c7c8c(ccc76)oc6ccccc68)cc5c34)n2)cc1. The lowest BCUT2D eigenvalue weighted by molar-refractivity contribution is 0.668. The van der Waals surface area contributed by atoms with Crippen LogP contribution in [0.2, 0.25) is 0 Å². The largest absolute Gasteiger partial charge is 0.456 e. The first-order valence-electron chi connectivity index (χ1n) is 17.1. The highest BCUT2D eigenvalue weighted by molar-refractivity contribution is 6.27. The highest BCUT2D eigenvalue weighted by Crippen LogP contribution is 2.43. The van der Waals surface area contributed by atoms with Crippen LogP contribution in [0.5, 0.6) is 0 Å². The van der Waals surface area contributed by atoms with Crippen LogP contribution >= 0.6 is 0 Å². The van der Waals surface area contributed by atoms with Crippen molar-refractivity contribution in [3.05, 3.63) is 164 Å². The lowest BCUT2D eigenvalue weighted by Gasteiger charge is -2.11. The van der Waals surface area contributed by atoms with Crippen LogP contribution in [0.4, 0.5) is 0 Å². The summed E-state index contributed by atoms with van der Waals surface area (Å²) in [6.07, 6.45) is 0. The third kappa shape index (κ3) is 4.22. The molecule has 11 aromatic rings. The smallest absolute Gasteiger partial charge is 0.161 e. The van der Waals surface area contributed by atoms with Gasteiger partial charge in [-0.15, -0.1) is 0 Å². The first-order chi connectivity index (χ1) is 25.3. The molecule has 0 aliphatic heterocycles. The number of fused-ring (bicyclic) bond motifs is 10. The molecule has 4 heterocycles. The van der Waals surface area contributed by atoms with Gasteiger partial charge in [0.25, 0.3) is 0 Å². The number of hydrogen-bond donors (Lipinski definition) is 0. The number of nitrogens with zero attached hydrogens (tertiary/aromatic N) is 3. The molecule has 5 heteroatoms. The maximum atomic E-state index is 6.51. The highest BCUT2D eigenvalue weighted by Gasteiger charge is 2.21. The minimum Gasteiger partial charge on any atom is -0.456 e. The Bertz CT molecular complexity index is 3080. The number of furan rings is 2. The van der Waals surface area contributed by atoms with Gasteiger partial charge in [0.1, 0.15) is 22.3 Å². The van der Waals surface area contributed by atoms with Crippen LogP contribution < -0.4 is 0 Å². The average Bonchev–Trinajstić information content (AvgIpc) is 3.87. The molecule has 7 aromatic carbocycles. The topological polar surface area (TPSA) is 57.0 Å². The molecule has 0 N–H and O–H groups in total. The molecule has 238 valence electrons. The van der Waals surface area contributed by atoms with Gasteiger partial charge in [-0.1, -0.05) is 109 Å². The molecule has 0 unspecified atom stereocenters. The number of aromatic nitrogens is 3. The van der Waals surface area contributed by atoms with E-state index in [-0.39, 0.29) is 0 Å². The molecule has 51 heavy (non-hydrogen) atoms. The molecule has 5 nitrogen and oxygen atoms in total.